The topological polar surface area (TPSA) is 38.3 Å². The van der Waals surface area contributed by atoms with Gasteiger partial charge in [-0.3, -0.25) is 4.79 Å². The number of Topliss-reactive ketones (excluding diaryl/α,β-unsaturated/α-hetero) is 1. The fourth-order valence-corrected chi connectivity index (χ4v) is 2.43. The Morgan fingerprint density at radius 3 is 3.11 bits per heavy atom. The van der Waals surface area contributed by atoms with Gasteiger partial charge in [0, 0.05) is 18.9 Å². The first-order valence-electron chi connectivity index (χ1n) is 6.66. The molecule has 0 bridgehead atoms. The van der Waals surface area contributed by atoms with Crippen molar-refractivity contribution < 1.29 is 9.53 Å². The number of hydrogen-bond donors (Lipinski definition) is 1. The number of benzene rings is 1. The van der Waals surface area contributed by atoms with Crippen molar-refractivity contribution in [3.63, 3.8) is 0 Å². The number of carbonyl (C=O) groups excluding carboxylic acids is 1. The van der Waals surface area contributed by atoms with Crippen LogP contribution in [0.5, 0.6) is 5.75 Å². The molecule has 1 aromatic rings. The average molecular weight is 247 g/mol. The second-order valence-electron chi connectivity index (χ2n) is 4.86. The molecule has 3 nitrogen and oxygen atoms in total. The Hall–Kier alpha value is -1.35. The standard InChI is InChI=1S/C15H21NO2/c1-18-14-6-2-4-12(10-14)7-8-15(17)13-5-3-9-16-11-13/h2,4,6,10,13,16H,3,5,7-9,11H2,1H3. The van der Waals surface area contributed by atoms with Gasteiger partial charge in [0.2, 0.25) is 0 Å². The van der Waals surface area contributed by atoms with Crippen molar-refractivity contribution >= 4 is 5.78 Å². The van der Waals surface area contributed by atoms with E-state index in [9.17, 15) is 4.79 Å². The van der Waals surface area contributed by atoms with Crippen LogP contribution in [0.15, 0.2) is 24.3 Å². The number of piperidine rings is 1. The molecule has 18 heavy (non-hydrogen) atoms. The molecular weight excluding hydrogens is 226 g/mol. The Bertz CT molecular complexity index is 397. The molecule has 2 rings (SSSR count). The van der Waals surface area contributed by atoms with Crippen LogP contribution in [0.4, 0.5) is 0 Å². The SMILES string of the molecule is COc1cccc(CCC(=O)C2CCCNC2)c1. The quantitative estimate of drug-likeness (QED) is 0.867. The van der Waals surface area contributed by atoms with E-state index in [1.54, 1.807) is 7.11 Å². The Morgan fingerprint density at radius 2 is 2.39 bits per heavy atom. The summed E-state index contributed by atoms with van der Waals surface area (Å²) in [5.41, 5.74) is 1.17. The van der Waals surface area contributed by atoms with Gasteiger partial charge in [0.15, 0.2) is 0 Å². The Labute approximate surface area is 109 Å². The molecule has 1 saturated heterocycles. The average Bonchev–Trinajstić information content (AvgIpc) is 2.46. The summed E-state index contributed by atoms with van der Waals surface area (Å²) in [6, 6.07) is 7.96. The van der Waals surface area contributed by atoms with Crippen molar-refractivity contribution in [2.45, 2.75) is 25.7 Å². The predicted molar refractivity (Wildman–Crippen MR) is 71.9 cm³/mol. The number of hydrogen-bond acceptors (Lipinski definition) is 3. The molecule has 1 fully saturated rings. The summed E-state index contributed by atoms with van der Waals surface area (Å²) in [4.78, 5) is 12.1. The first-order valence-corrected chi connectivity index (χ1v) is 6.66. The van der Waals surface area contributed by atoms with E-state index in [4.69, 9.17) is 4.74 Å². The highest BCUT2D eigenvalue weighted by Gasteiger charge is 2.20. The van der Waals surface area contributed by atoms with Gasteiger partial charge in [-0.1, -0.05) is 12.1 Å². The molecule has 0 radical (unpaired) electrons. The van der Waals surface area contributed by atoms with Gasteiger partial charge in [-0.2, -0.15) is 0 Å². The lowest BCUT2D eigenvalue weighted by molar-refractivity contribution is -0.123. The summed E-state index contributed by atoms with van der Waals surface area (Å²) < 4.78 is 5.18. The first kappa shape index (κ1) is 13.1. The highest BCUT2D eigenvalue weighted by Crippen LogP contribution is 2.17. The van der Waals surface area contributed by atoms with E-state index >= 15 is 0 Å². The van der Waals surface area contributed by atoms with Crippen LogP contribution in [0.3, 0.4) is 0 Å². The number of ether oxygens (including phenoxy) is 1. The summed E-state index contributed by atoms with van der Waals surface area (Å²) in [5, 5.41) is 3.29. The minimum Gasteiger partial charge on any atom is -0.497 e. The van der Waals surface area contributed by atoms with Gasteiger partial charge in [-0.25, -0.2) is 0 Å². The lowest BCUT2D eigenvalue weighted by atomic mass is 9.91. The second kappa shape index (κ2) is 6.55. The molecule has 1 atom stereocenters. The van der Waals surface area contributed by atoms with Crippen LogP contribution in [0.2, 0.25) is 0 Å². The van der Waals surface area contributed by atoms with E-state index in [0.29, 0.717) is 12.2 Å². The summed E-state index contributed by atoms with van der Waals surface area (Å²) in [5.74, 6) is 1.48. The molecule has 0 spiro atoms. The summed E-state index contributed by atoms with van der Waals surface area (Å²) >= 11 is 0. The largest absolute Gasteiger partial charge is 0.497 e. The molecule has 1 aliphatic rings. The van der Waals surface area contributed by atoms with E-state index in [2.05, 4.69) is 11.4 Å². The molecule has 98 valence electrons. The van der Waals surface area contributed by atoms with Crippen molar-refractivity contribution in [2.75, 3.05) is 20.2 Å². The van der Waals surface area contributed by atoms with Gasteiger partial charge in [0.1, 0.15) is 11.5 Å². The highest BCUT2D eigenvalue weighted by molar-refractivity contribution is 5.81. The summed E-state index contributed by atoms with van der Waals surface area (Å²) in [6.45, 7) is 1.91. The molecule has 1 aliphatic heterocycles. The van der Waals surface area contributed by atoms with Gasteiger partial charge in [-0.05, 0) is 43.5 Å². The van der Waals surface area contributed by atoms with E-state index < -0.39 is 0 Å². The Balaban J connectivity index is 1.84. The molecule has 3 heteroatoms. The van der Waals surface area contributed by atoms with Gasteiger partial charge < -0.3 is 10.1 Å². The fourth-order valence-electron chi connectivity index (χ4n) is 2.43. The zero-order valence-corrected chi connectivity index (χ0v) is 10.9. The van der Waals surface area contributed by atoms with Crippen molar-refractivity contribution in [2.24, 2.45) is 5.92 Å². The molecule has 1 heterocycles. The molecule has 1 N–H and O–H groups in total. The number of nitrogens with one attached hydrogen (secondary N) is 1. The lowest BCUT2D eigenvalue weighted by Crippen LogP contribution is -2.34. The zero-order chi connectivity index (χ0) is 12.8. The fraction of sp³-hybridized carbons (Fsp3) is 0.533. The van der Waals surface area contributed by atoms with Gasteiger partial charge in [0.25, 0.3) is 0 Å². The minimum absolute atomic E-state index is 0.226. The van der Waals surface area contributed by atoms with Crippen molar-refractivity contribution in [1.29, 1.82) is 0 Å². The van der Waals surface area contributed by atoms with Gasteiger partial charge >= 0.3 is 0 Å². The van der Waals surface area contributed by atoms with E-state index in [0.717, 1.165) is 38.1 Å². The summed E-state index contributed by atoms with van der Waals surface area (Å²) in [6.07, 6.45) is 3.62. The molecule has 0 aliphatic carbocycles. The minimum atomic E-state index is 0.226. The number of rotatable bonds is 5. The number of carbonyl (C=O) groups is 1. The normalized spacial score (nSPS) is 19.5. The smallest absolute Gasteiger partial charge is 0.137 e. The zero-order valence-electron chi connectivity index (χ0n) is 10.9. The maximum Gasteiger partial charge on any atom is 0.137 e. The maximum atomic E-state index is 12.1. The summed E-state index contributed by atoms with van der Waals surface area (Å²) in [7, 11) is 1.66. The highest BCUT2D eigenvalue weighted by atomic mass is 16.5. The van der Waals surface area contributed by atoms with Crippen molar-refractivity contribution in [1.82, 2.24) is 5.32 Å². The third-order valence-corrected chi connectivity index (χ3v) is 3.55. The number of ketones is 1. The Morgan fingerprint density at radius 1 is 1.50 bits per heavy atom. The molecule has 0 amide bonds. The van der Waals surface area contributed by atoms with Gasteiger partial charge in [0.05, 0.1) is 7.11 Å². The molecular formula is C15H21NO2. The van der Waals surface area contributed by atoms with E-state index in [1.807, 2.05) is 18.2 Å². The Kier molecular flexibility index (Phi) is 4.76. The van der Waals surface area contributed by atoms with Crippen LogP contribution in [0, 0.1) is 5.92 Å². The van der Waals surface area contributed by atoms with Crippen LogP contribution in [0.1, 0.15) is 24.8 Å². The number of aryl methyl sites for hydroxylation is 1. The van der Waals surface area contributed by atoms with Crippen molar-refractivity contribution in [3.05, 3.63) is 29.8 Å². The predicted octanol–water partition coefficient (Wildman–Crippen LogP) is 2.20. The van der Waals surface area contributed by atoms with Gasteiger partial charge in [-0.15, -0.1) is 0 Å². The van der Waals surface area contributed by atoms with E-state index in [-0.39, 0.29) is 5.92 Å². The molecule has 1 unspecified atom stereocenters. The van der Waals surface area contributed by atoms with E-state index in [1.165, 1.54) is 5.56 Å². The monoisotopic (exact) mass is 247 g/mol. The van der Waals surface area contributed by atoms with Crippen molar-refractivity contribution in [3.8, 4) is 5.75 Å². The molecule has 0 saturated carbocycles. The lowest BCUT2D eigenvalue weighted by Gasteiger charge is -2.21. The second-order valence-corrected chi connectivity index (χ2v) is 4.86. The third kappa shape index (κ3) is 3.57. The van der Waals surface area contributed by atoms with Crippen LogP contribution in [-0.2, 0) is 11.2 Å². The number of methoxy groups -OCH3 is 1. The van der Waals surface area contributed by atoms with Crippen LogP contribution in [0.25, 0.3) is 0 Å². The van der Waals surface area contributed by atoms with Crippen LogP contribution < -0.4 is 10.1 Å². The molecule has 0 aromatic heterocycles. The maximum absolute atomic E-state index is 12.1. The van der Waals surface area contributed by atoms with Crippen LogP contribution in [-0.4, -0.2) is 26.0 Å². The first-order chi connectivity index (χ1) is 8.79. The van der Waals surface area contributed by atoms with Crippen LogP contribution >= 0.6 is 0 Å². The molecule has 1 aromatic carbocycles. The third-order valence-electron chi connectivity index (χ3n) is 3.55.